The zero-order chi connectivity index (χ0) is 23.3. The van der Waals surface area contributed by atoms with Crippen LogP contribution in [0.15, 0.2) is 65.8 Å². The molecule has 0 unspecified atom stereocenters. The molecule has 1 saturated heterocycles. The zero-order valence-electron chi connectivity index (χ0n) is 19.8. The van der Waals surface area contributed by atoms with E-state index >= 15 is 0 Å². The van der Waals surface area contributed by atoms with Crippen LogP contribution >= 0.6 is 11.8 Å². The molecule has 4 rings (SSSR count). The van der Waals surface area contributed by atoms with E-state index in [0.29, 0.717) is 12.3 Å². The minimum atomic E-state index is -0.276. The lowest BCUT2D eigenvalue weighted by Gasteiger charge is -2.36. The highest BCUT2D eigenvalue weighted by molar-refractivity contribution is 7.99. The highest BCUT2D eigenvalue weighted by atomic mass is 32.2. The van der Waals surface area contributed by atoms with Crippen LogP contribution in [0.25, 0.3) is 5.69 Å². The summed E-state index contributed by atoms with van der Waals surface area (Å²) in [6.07, 6.45) is 2.47. The van der Waals surface area contributed by atoms with Crippen LogP contribution in [0.5, 0.6) is 0 Å². The number of hydrogen-bond acceptors (Lipinski definition) is 5. The molecule has 0 atom stereocenters. The third-order valence-corrected chi connectivity index (χ3v) is 6.81. The molecule has 0 bridgehead atoms. The first kappa shape index (κ1) is 23.5. The summed E-state index contributed by atoms with van der Waals surface area (Å²) in [5, 5.41) is 9.77. The van der Waals surface area contributed by atoms with Crippen LogP contribution in [0.1, 0.15) is 45.0 Å². The van der Waals surface area contributed by atoms with Crippen molar-refractivity contribution in [3.05, 3.63) is 72.1 Å². The smallest absolute Gasteiger partial charge is 0.233 e. The van der Waals surface area contributed by atoms with Crippen molar-refractivity contribution in [3.63, 3.8) is 0 Å². The van der Waals surface area contributed by atoms with Crippen molar-refractivity contribution in [2.75, 3.05) is 18.8 Å². The number of thioether (sulfide) groups is 1. The quantitative estimate of drug-likeness (QED) is 0.450. The Morgan fingerprint density at radius 1 is 0.970 bits per heavy atom. The number of carbonyl (C=O) groups is 1. The number of carbonyl (C=O) groups excluding carboxylic acids is 1. The van der Waals surface area contributed by atoms with Gasteiger partial charge in [-0.1, -0.05) is 60.3 Å². The second-order valence-electron chi connectivity index (χ2n) is 9.48. The molecule has 0 radical (unpaired) electrons. The van der Waals surface area contributed by atoms with Crippen molar-refractivity contribution in [2.45, 2.75) is 57.4 Å². The largest absolute Gasteiger partial charge is 0.333 e. The van der Waals surface area contributed by atoms with Gasteiger partial charge in [0.25, 0.3) is 0 Å². The highest BCUT2D eigenvalue weighted by Gasteiger charge is 2.27. The van der Waals surface area contributed by atoms with Crippen molar-refractivity contribution >= 4 is 17.7 Å². The number of benzene rings is 2. The van der Waals surface area contributed by atoms with E-state index in [1.807, 2.05) is 41.3 Å². The molecule has 1 aliphatic heterocycles. The number of amides is 1. The number of rotatable bonds is 8. The molecule has 33 heavy (non-hydrogen) atoms. The monoisotopic (exact) mass is 463 g/mol. The van der Waals surface area contributed by atoms with Gasteiger partial charge >= 0.3 is 0 Å². The molecular formula is C26H33N5OS. The van der Waals surface area contributed by atoms with Crippen LogP contribution in [-0.2, 0) is 17.9 Å². The van der Waals surface area contributed by atoms with Crippen molar-refractivity contribution in [3.8, 4) is 5.69 Å². The fourth-order valence-corrected chi connectivity index (χ4v) is 4.99. The summed E-state index contributed by atoms with van der Waals surface area (Å²) in [5.41, 5.74) is 1.89. The van der Waals surface area contributed by atoms with Crippen LogP contribution < -0.4 is 0 Å². The van der Waals surface area contributed by atoms with Gasteiger partial charge in [0.15, 0.2) is 11.0 Å². The van der Waals surface area contributed by atoms with Crippen molar-refractivity contribution in [1.29, 1.82) is 0 Å². The Morgan fingerprint density at radius 3 is 2.24 bits per heavy atom. The van der Waals surface area contributed by atoms with Gasteiger partial charge in [-0.2, -0.15) is 0 Å². The van der Waals surface area contributed by atoms with Crippen LogP contribution in [-0.4, -0.2) is 54.9 Å². The Balaban J connectivity index is 1.52. The zero-order valence-corrected chi connectivity index (χ0v) is 20.6. The van der Waals surface area contributed by atoms with Crippen LogP contribution in [0.4, 0.5) is 0 Å². The second kappa shape index (κ2) is 10.5. The summed E-state index contributed by atoms with van der Waals surface area (Å²) in [4.78, 5) is 17.7. The minimum Gasteiger partial charge on any atom is -0.333 e. The van der Waals surface area contributed by atoms with Crippen LogP contribution in [0.2, 0.25) is 0 Å². The van der Waals surface area contributed by atoms with Gasteiger partial charge in [-0.15, -0.1) is 10.2 Å². The molecule has 1 amide bonds. The molecule has 0 saturated carbocycles. The van der Waals surface area contributed by atoms with E-state index in [2.05, 4.69) is 64.7 Å². The van der Waals surface area contributed by atoms with Crippen molar-refractivity contribution in [1.82, 2.24) is 24.6 Å². The van der Waals surface area contributed by atoms with Gasteiger partial charge in [0, 0.05) is 17.8 Å². The van der Waals surface area contributed by atoms with Gasteiger partial charge in [-0.05, 0) is 64.4 Å². The first-order valence-corrected chi connectivity index (χ1v) is 12.6. The molecule has 1 fully saturated rings. The van der Waals surface area contributed by atoms with Gasteiger partial charge in [-0.3, -0.25) is 14.3 Å². The van der Waals surface area contributed by atoms with E-state index in [9.17, 15) is 4.79 Å². The van der Waals surface area contributed by atoms with E-state index in [0.717, 1.165) is 41.9 Å². The maximum atomic E-state index is 13.3. The van der Waals surface area contributed by atoms with E-state index < -0.39 is 0 Å². The predicted molar refractivity (Wildman–Crippen MR) is 133 cm³/mol. The molecule has 7 heteroatoms. The molecule has 174 valence electrons. The summed E-state index contributed by atoms with van der Waals surface area (Å²) >= 11 is 1.46. The highest BCUT2D eigenvalue weighted by Crippen LogP contribution is 2.26. The maximum Gasteiger partial charge on any atom is 0.233 e. The molecule has 1 aromatic heterocycles. The molecule has 0 aliphatic carbocycles. The third-order valence-electron chi connectivity index (χ3n) is 5.90. The summed E-state index contributed by atoms with van der Waals surface area (Å²) < 4.78 is 2.11. The summed E-state index contributed by atoms with van der Waals surface area (Å²) in [7, 11) is 0. The number of para-hydroxylation sites is 1. The van der Waals surface area contributed by atoms with Gasteiger partial charge in [0.2, 0.25) is 5.91 Å². The van der Waals surface area contributed by atoms with Crippen molar-refractivity contribution in [2.24, 2.45) is 0 Å². The number of aromatic nitrogens is 3. The Morgan fingerprint density at radius 2 is 1.61 bits per heavy atom. The fraction of sp³-hybridized carbons (Fsp3) is 0.423. The topological polar surface area (TPSA) is 54.3 Å². The van der Waals surface area contributed by atoms with Gasteiger partial charge in [0.05, 0.1) is 12.3 Å². The summed E-state index contributed by atoms with van der Waals surface area (Å²) in [6, 6.07) is 20.4. The fourth-order valence-electron chi connectivity index (χ4n) is 4.14. The van der Waals surface area contributed by atoms with Gasteiger partial charge in [0.1, 0.15) is 0 Å². The molecule has 0 N–H and O–H groups in total. The molecule has 2 aromatic carbocycles. The summed E-state index contributed by atoms with van der Waals surface area (Å²) in [5.74, 6) is 1.34. The Bertz CT molecular complexity index is 1040. The molecule has 6 nitrogen and oxygen atoms in total. The molecule has 1 aliphatic rings. The first-order chi connectivity index (χ1) is 15.9. The lowest BCUT2D eigenvalue weighted by molar-refractivity contribution is -0.133. The second-order valence-corrected chi connectivity index (χ2v) is 10.4. The number of likely N-dealkylation sites (tertiary alicyclic amines) is 1. The first-order valence-electron chi connectivity index (χ1n) is 11.6. The molecule has 2 heterocycles. The third kappa shape index (κ3) is 6.03. The standard InChI is InChI=1S/C26H33N5OS/c1-26(2,3)30(18-21-12-6-4-7-13-21)24(32)20-33-25-28-27-23(19-29-16-10-11-17-29)31(25)22-14-8-5-9-15-22/h4-9,12-15H,10-11,16-20H2,1-3H3. The van der Waals surface area contributed by atoms with Gasteiger partial charge < -0.3 is 4.90 Å². The van der Waals surface area contributed by atoms with Crippen LogP contribution in [0, 0.1) is 0 Å². The predicted octanol–water partition coefficient (Wildman–Crippen LogP) is 4.78. The SMILES string of the molecule is CC(C)(C)N(Cc1ccccc1)C(=O)CSc1nnc(CN2CCCC2)n1-c1ccccc1. The van der Waals surface area contributed by atoms with E-state index in [-0.39, 0.29) is 11.4 Å². The van der Waals surface area contributed by atoms with Gasteiger partial charge in [-0.25, -0.2) is 0 Å². The molecule has 0 spiro atoms. The normalized spacial score (nSPS) is 14.5. The van der Waals surface area contributed by atoms with Crippen LogP contribution in [0.3, 0.4) is 0 Å². The summed E-state index contributed by atoms with van der Waals surface area (Å²) in [6.45, 7) is 9.82. The van der Waals surface area contributed by atoms with Crippen molar-refractivity contribution < 1.29 is 4.79 Å². The van der Waals surface area contributed by atoms with E-state index in [1.165, 1.54) is 24.6 Å². The Labute approximate surface area is 201 Å². The lowest BCUT2D eigenvalue weighted by Crippen LogP contribution is -2.45. The van der Waals surface area contributed by atoms with E-state index in [1.54, 1.807) is 0 Å². The maximum absolute atomic E-state index is 13.3. The lowest BCUT2D eigenvalue weighted by atomic mass is 10.0. The molecular weight excluding hydrogens is 430 g/mol. The minimum absolute atomic E-state index is 0.0973. The number of hydrogen-bond donors (Lipinski definition) is 0. The Hall–Kier alpha value is -2.64. The Kier molecular flexibility index (Phi) is 7.50. The average molecular weight is 464 g/mol. The van der Waals surface area contributed by atoms with E-state index in [4.69, 9.17) is 0 Å². The average Bonchev–Trinajstić information content (AvgIpc) is 3.46. The molecule has 3 aromatic rings. The number of nitrogens with zero attached hydrogens (tertiary/aromatic N) is 5.